The lowest BCUT2D eigenvalue weighted by atomic mass is 10.1. The molecule has 3 rings (SSSR count). The Bertz CT molecular complexity index is 915. The number of aryl methyl sites for hydroxylation is 2. The lowest BCUT2D eigenvalue weighted by molar-refractivity contribution is 0.387. The maximum atomic E-state index is 5.22. The molecule has 0 unspecified atom stereocenters. The summed E-state index contributed by atoms with van der Waals surface area (Å²) in [6.45, 7) is 7.20. The smallest absolute Gasteiger partial charge is 0.145 e. The maximum absolute atomic E-state index is 5.22. The number of aromatic nitrogens is 3. The highest BCUT2D eigenvalue weighted by atomic mass is 16.5. The molecular formula is C22H31N5O. The molecule has 0 atom stereocenters. The van der Waals surface area contributed by atoms with E-state index in [4.69, 9.17) is 4.74 Å². The number of nitrogens with zero attached hydrogens (tertiary/aromatic N) is 4. The molecule has 6 nitrogen and oxygen atoms in total. The van der Waals surface area contributed by atoms with Gasteiger partial charge in [0.1, 0.15) is 23.5 Å². The van der Waals surface area contributed by atoms with E-state index in [1.54, 1.807) is 13.4 Å². The molecule has 0 aliphatic carbocycles. The molecule has 0 amide bonds. The quantitative estimate of drug-likeness (QED) is 0.613. The Morgan fingerprint density at radius 3 is 2.54 bits per heavy atom. The standard InChI is InChI=1S/C22H31N5O/c1-16-17(2)27(14-6-13-26(3)4)22-20(16)21(24-15-25-22)23-12-11-18-7-9-19(28-5)10-8-18/h7-10,15H,6,11-14H2,1-5H3,(H,23,24,25). The average molecular weight is 382 g/mol. The Kier molecular flexibility index (Phi) is 6.52. The molecule has 1 aromatic carbocycles. The lowest BCUT2D eigenvalue weighted by Gasteiger charge is -2.12. The number of methoxy groups -OCH3 is 1. The highest BCUT2D eigenvalue weighted by Crippen LogP contribution is 2.28. The molecule has 1 N–H and O–H groups in total. The molecule has 3 aromatic rings. The van der Waals surface area contributed by atoms with Crippen molar-refractivity contribution in [3.05, 3.63) is 47.4 Å². The van der Waals surface area contributed by atoms with Crippen LogP contribution in [0.4, 0.5) is 5.82 Å². The molecule has 0 aliphatic heterocycles. The van der Waals surface area contributed by atoms with Crippen molar-refractivity contribution in [1.82, 2.24) is 19.4 Å². The van der Waals surface area contributed by atoms with Crippen molar-refractivity contribution in [3.63, 3.8) is 0 Å². The summed E-state index contributed by atoms with van der Waals surface area (Å²) < 4.78 is 7.55. The summed E-state index contributed by atoms with van der Waals surface area (Å²) in [6.07, 6.45) is 3.69. The zero-order chi connectivity index (χ0) is 20.1. The molecule has 2 heterocycles. The molecule has 0 spiro atoms. The van der Waals surface area contributed by atoms with E-state index in [1.165, 1.54) is 16.8 Å². The molecule has 0 saturated heterocycles. The Hall–Kier alpha value is -2.60. The van der Waals surface area contributed by atoms with Gasteiger partial charge in [-0.05, 0) is 70.6 Å². The first kappa shape index (κ1) is 20.1. The van der Waals surface area contributed by atoms with Crippen LogP contribution in [-0.2, 0) is 13.0 Å². The zero-order valence-electron chi connectivity index (χ0n) is 17.6. The van der Waals surface area contributed by atoms with Crippen molar-refractivity contribution in [2.24, 2.45) is 0 Å². The fourth-order valence-electron chi connectivity index (χ4n) is 3.54. The summed E-state index contributed by atoms with van der Waals surface area (Å²) in [5.74, 6) is 1.81. The van der Waals surface area contributed by atoms with Gasteiger partial charge in [-0.2, -0.15) is 0 Å². The third-order valence-corrected chi connectivity index (χ3v) is 5.26. The molecule has 0 bridgehead atoms. The number of nitrogens with one attached hydrogen (secondary N) is 1. The van der Waals surface area contributed by atoms with Gasteiger partial charge in [-0.3, -0.25) is 0 Å². The Morgan fingerprint density at radius 2 is 1.86 bits per heavy atom. The summed E-state index contributed by atoms with van der Waals surface area (Å²) in [6, 6.07) is 8.21. The normalized spacial score (nSPS) is 11.4. The SMILES string of the molecule is COc1ccc(CCNc2ncnc3c2c(C)c(C)n3CCCN(C)C)cc1. The van der Waals surface area contributed by atoms with Gasteiger partial charge in [-0.1, -0.05) is 12.1 Å². The minimum atomic E-state index is 0.822. The van der Waals surface area contributed by atoms with Crippen LogP contribution in [0, 0.1) is 13.8 Å². The van der Waals surface area contributed by atoms with Crippen LogP contribution in [0.25, 0.3) is 11.0 Å². The Labute approximate surface area is 167 Å². The monoisotopic (exact) mass is 381 g/mol. The Morgan fingerprint density at radius 1 is 1.11 bits per heavy atom. The van der Waals surface area contributed by atoms with Gasteiger partial charge in [0, 0.05) is 18.8 Å². The van der Waals surface area contributed by atoms with Crippen molar-refractivity contribution in [3.8, 4) is 5.75 Å². The third-order valence-electron chi connectivity index (χ3n) is 5.26. The number of anilines is 1. The second kappa shape index (κ2) is 9.06. The summed E-state index contributed by atoms with van der Waals surface area (Å²) in [5.41, 5.74) is 4.82. The highest BCUT2D eigenvalue weighted by molar-refractivity contribution is 5.91. The minimum Gasteiger partial charge on any atom is -0.497 e. The van der Waals surface area contributed by atoms with Gasteiger partial charge in [-0.25, -0.2) is 9.97 Å². The summed E-state index contributed by atoms with van der Waals surface area (Å²) in [7, 11) is 5.91. The van der Waals surface area contributed by atoms with Crippen LogP contribution in [0.3, 0.4) is 0 Å². The Balaban J connectivity index is 1.74. The van der Waals surface area contributed by atoms with E-state index < -0.39 is 0 Å². The van der Waals surface area contributed by atoms with Crippen LogP contribution < -0.4 is 10.1 Å². The van der Waals surface area contributed by atoms with E-state index >= 15 is 0 Å². The predicted octanol–water partition coefficient (Wildman–Crippen LogP) is 3.66. The van der Waals surface area contributed by atoms with Crippen LogP contribution >= 0.6 is 0 Å². The predicted molar refractivity (Wildman–Crippen MR) is 115 cm³/mol. The van der Waals surface area contributed by atoms with Crippen LogP contribution in [0.15, 0.2) is 30.6 Å². The fraction of sp³-hybridized carbons (Fsp3) is 0.455. The van der Waals surface area contributed by atoms with Gasteiger partial charge in [-0.15, -0.1) is 0 Å². The average Bonchev–Trinajstić information content (AvgIpc) is 2.94. The largest absolute Gasteiger partial charge is 0.497 e. The first-order chi connectivity index (χ1) is 13.5. The van der Waals surface area contributed by atoms with Crippen molar-refractivity contribution >= 4 is 16.9 Å². The number of hydrogen-bond donors (Lipinski definition) is 1. The van der Waals surface area contributed by atoms with Gasteiger partial charge in [0.15, 0.2) is 0 Å². The second-order valence-electron chi connectivity index (χ2n) is 7.46. The molecule has 0 fully saturated rings. The van der Waals surface area contributed by atoms with Crippen molar-refractivity contribution in [2.45, 2.75) is 33.2 Å². The van der Waals surface area contributed by atoms with Gasteiger partial charge in [0.2, 0.25) is 0 Å². The van der Waals surface area contributed by atoms with Crippen LogP contribution in [-0.4, -0.2) is 53.7 Å². The summed E-state index contributed by atoms with van der Waals surface area (Å²) >= 11 is 0. The zero-order valence-corrected chi connectivity index (χ0v) is 17.6. The molecule has 0 saturated carbocycles. The first-order valence-electron chi connectivity index (χ1n) is 9.83. The van der Waals surface area contributed by atoms with E-state index in [0.29, 0.717) is 0 Å². The molecule has 28 heavy (non-hydrogen) atoms. The molecule has 0 aliphatic rings. The van der Waals surface area contributed by atoms with E-state index in [9.17, 15) is 0 Å². The second-order valence-corrected chi connectivity index (χ2v) is 7.46. The summed E-state index contributed by atoms with van der Waals surface area (Å²) in [4.78, 5) is 11.3. The number of fused-ring (bicyclic) bond motifs is 1. The van der Waals surface area contributed by atoms with Crippen LogP contribution in [0.5, 0.6) is 5.75 Å². The number of hydrogen-bond acceptors (Lipinski definition) is 5. The maximum Gasteiger partial charge on any atom is 0.145 e. The number of rotatable bonds is 9. The number of ether oxygens (including phenoxy) is 1. The van der Waals surface area contributed by atoms with E-state index in [-0.39, 0.29) is 0 Å². The van der Waals surface area contributed by atoms with Crippen LogP contribution in [0.2, 0.25) is 0 Å². The minimum absolute atomic E-state index is 0.822. The van der Waals surface area contributed by atoms with E-state index in [1.807, 2.05) is 12.1 Å². The van der Waals surface area contributed by atoms with Gasteiger partial charge >= 0.3 is 0 Å². The topological polar surface area (TPSA) is 55.2 Å². The molecular weight excluding hydrogens is 350 g/mol. The molecule has 6 heteroatoms. The highest BCUT2D eigenvalue weighted by Gasteiger charge is 2.16. The molecule has 2 aromatic heterocycles. The van der Waals surface area contributed by atoms with Crippen LogP contribution in [0.1, 0.15) is 23.2 Å². The van der Waals surface area contributed by atoms with Gasteiger partial charge < -0.3 is 19.5 Å². The third kappa shape index (κ3) is 4.44. The van der Waals surface area contributed by atoms with Gasteiger partial charge in [0.25, 0.3) is 0 Å². The van der Waals surface area contributed by atoms with E-state index in [2.05, 4.69) is 64.8 Å². The van der Waals surface area contributed by atoms with Crippen molar-refractivity contribution in [1.29, 1.82) is 0 Å². The number of benzene rings is 1. The molecule has 0 radical (unpaired) electrons. The fourth-order valence-corrected chi connectivity index (χ4v) is 3.54. The van der Waals surface area contributed by atoms with Gasteiger partial charge in [0.05, 0.1) is 12.5 Å². The first-order valence-corrected chi connectivity index (χ1v) is 9.83. The molecule has 150 valence electrons. The van der Waals surface area contributed by atoms with E-state index in [0.717, 1.165) is 55.1 Å². The lowest BCUT2D eigenvalue weighted by Crippen LogP contribution is -2.15. The summed E-state index contributed by atoms with van der Waals surface area (Å²) in [5, 5.41) is 4.66. The van der Waals surface area contributed by atoms with Crippen molar-refractivity contribution in [2.75, 3.05) is 39.6 Å². The van der Waals surface area contributed by atoms with Crippen molar-refractivity contribution < 1.29 is 4.74 Å².